The number of carboxylic acids is 2. The van der Waals surface area contributed by atoms with Crippen molar-refractivity contribution in [1.29, 1.82) is 0 Å². The van der Waals surface area contributed by atoms with Gasteiger partial charge in [0.1, 0.15) is 17.9 Å². The quantitative estimate of drug-likeness (QED) is 0.0919. The van der Waals surface area contributed by atoms with Crippen LogP contribution in [0.1, 0.15) is 61.4 Å². The van der Waals surface area contributed by atoms with E-state index in [1.54, 1.807) is 0 Å². The highest BCUT2D eigenvalue weighted by Gasteiger charge is 2.57. The van der Waals surface area contributed by atoms with E-state index in [4.69, 9.17) is 11.5 Å². The molecule has 3 fully saturated rings. The van der Waals surface area contributed by atoms with Crippen LogP contribution in [-0.2, 0) is 32.0 Å². The number of imide groups is 2. The number of ether oxygens (including phenoxy) is 2. The molecular formula is C39H40F5N8O10+. The molecule has 1 aliphatic carbocycles. The number of carboxylic acid groups (broad SMARTS) is 2. The van der Waals surface area contributed by atoms with Crippen LogP contribution < -0.4 is 36.1 Å². The Morgan fingerprint density at radius 2 is 1.48 bits per heavy atom. The van der Waals surface area contributed by atoms with E-state index >= 15 is 0 Å². The number of urea groups is 2. The number of benzene rings is 1. The average molecular weight is 876 g/mol. The maximum absolute atomic E-state index is 14.6. The lowest BCUT2D eigenvalue weighted by Crippen LogP contribution is -2.70. The predicted molar refractivity (Wildman–Crippen MR) is 200 cm³/mol. The number of anilines is 2. The number of fused-ring (bicyclic) bond motifs is 1. The molecule has 3 aliphatic heterocycles. The minimum absolute atomic E-state index is 0.0285. The van der Waals surface area contributed by atoms with Crippen LogP contribution in [0.4, 0.5) is 43.2 Å². The fourth-order valence-electron chi connectivity index (χ4n) is 8.68. The van der Waals surface area contributed by atoms with Gasteiger partial charge in [0.05, 0.1) is 24.1 Å². The van der Waals surface area contributed by atoms with Gasteiger partial charge in [-0.25, -0.2) is 38.5 Å². The van der Waals surface area contributed by atoms with Gasteiger partial charge in [0.15, 0.2) is 23.6 Å². The summed E-state index contributed by atoms with van der Waals surface area (Å²) in [5.74, 6) is -8.80. The van der Waals surface area contributed by atoms with Crippen molar-refractivity contribution in [1.82, 2.24) is 25.4 Å². The van der Waals surface area contributed by atoms with Crippen molar-refractivity contribution < 1.29 is 75.0 Å². The second-order valence-corrected chi connectivity index (χ2v) is 15.7. The van der Waals surface area contributed by atoms with Crippen LogP contribution in [0.5, 0.6) is 11.5 Å². The smallest absolute Gasteiger partial charge is 0.480 e. The number of aromatic nitrogens is 2. The summed E-state index contributed by atoms with van der Waals surface area (Å²) in [6, 6.07) is -0.155. The minimum Gasteiger partial charge on any atom is -0.480 e. The minimum atomic E-state index is -4.99. The highest BCUT2D eigenvalue weighted by Crippen LogP contribution is 2.43. The number of rotatable bonds is 11. The summed E-state index contributed by atoms with van der Waals surface area (Å²) in [6.45, 7) is 1.48. The Bertz CT molecular complexity index is 2330. The average Bonchev–Trinajstić information content (AvgIpc) is 3.51. The number of nitrogens with two attached hydrogens (primary N) is 2. The Morgan fingerprint density at radius 3 is 2.06 bits per heavy atom. The van der Waals surface area contributed by atoms with Gasteiger partial charge >= 0.3 is 36.5 Å². The third-order valence-corrected chi connectivity index (χ3v) is 11.7. The maximum Gasteiger partial charge on any atom is 0.586 e. The van der Waals surface area contributed by atoms with Crippen molar-refractivity contribution in [2.75, 3.05) is 11.5 Å². The molecule has 0 bridgehead atoms. The molecule has 330 valence electrons. The molecule has 8 N–H and O–H groups in total. The molecule has 0 radical (unpaired) electrons. The molecule has 4 aliphatic rings. The highest BCUT2D eigenvalue weighted by atomic mass is 19.4. The van der Waals surface area contributed by atoms with Crippen molar-refractivity contribution in [2.24, 2.45) is 17.8 Å². The van der Waals surface area contributed by atoms with Crippen LogP contribution in [0.15, 0.2) is 54.9 Å². The molecule has 0 spiro atoms. The summed E-state index contributed by atoms with van der Waals surface area (Å²) in [7, 11) is 0. The van der Waals surface area contributed by atoms with Crippen LogP contribution in [0.3, 0.4) is 0 Å². The first-order chi connectivity index (χ1) is 29.1. The maximum atomic E-state index is 14.6. The Hall–Kier alpha value is -6.81. The highest BCUT2D eigenvalue weighted by molar-refractivity contribution is 6.08. The molecule has 1 saturated carbocycles. The first-order valence-corrected chi connectivity index (χ1v) is 19.3. The van der Waals surface area contributed by atoms with Crippen LogP contribution in [-0.4, -0.2) is 91.4 Å². The van der Waals surface area contributed by atoms with Gasteiger partial charge in [0.25, 0.3) is 5.82 Å². The van der Waals surface area contributed by atoms with E-state index in [9.17, 15) is 60.9 Å². The summed E-state index contributed by atoms with van der Waals surface area (Å²) < 4.78 is 81.1. The van der Waals surface area contributed by atoms with Gasteiger partial charge in [-0.05, 0) is 98.4 Å². The number of halogens is 5. The van der Waals surface area contributed by atoms with E-state index in [1.165, 1.54) is 66.3 Å². The molecule has 18 nitrogen and oxygen atoms in total. The summed E-state index contributed by atoms with van der Waals surface area (Å²) in [4.78, 5) is 81.6. The summed E-state index contributed by atoms with van der Waals surface area (Å²) in [5.41, 5.74) is 13.2. The second kappa shape index (κ2) is 16.2. The molecule has 1 aromatic carbocycles. The van der Waals surface area contributed by atoms with E-state index in [2.05, 4.69) is 19.8 Å². The number of carbonyl (C=O) groups is 6. The van der Waals surface area contributed by atoms with Gasteiger partial charge in [-0.1, -0.05) is 6.07 Å². The topological polar surface area (TPSA) is 261 Å². The first-order valence-electron chi connectivity index (χ1n) is 19.3. The number of β-lactam (4-membered cyclic amide) rings is 2. The molecule has 8 unspecified atom stereocenters. The van der Waals surface area contributed by atoms with Crippen molar-refractivity contribution in [3.63, 3.8) is 0 Å². The Labute approximate surface area is 347 Å². The molecule has 62 heavy (non-hydrogen) atoms. The number of carbonyl (C=O) groups excluding carboxylic acids is 4. The van der Waals surface area contributed by atoms with Gasteiger partial charge in [0.2, 0.25) is 11.8 Å². The normalized spacial score (nSPS) is 24.9. The monoisotopic (exact) mass is 875 g/mol. The molecule has 8 atom stereocenters. The molecule has 7 rings (SSSR count). The molecule has 5 heterocycles. The Kier molecular flexibility index (Phi) is 11.3. The van der Waals surface area contributed by atoms with E-state index in [0.29, 0.717) is 28.0 Å². The number of amides is 6. The zero-order chi connectivity index (χ0) is 45.0. The largest absolute Gasteiger partial charge is 0.586 e. The fraction of sp³-hybridized carbons (Fsp3) is 0.436. The number of nitrogen functional groups attached to an aromatic ring is 2. The Balaban J connectivity index is 0.982. The van der Waals surface area contributed by atoms with E-state index in [1.807, 2.05) is 5.32 Å². The summed E-state index contributed by atoms with van der Waals surface area (Å²) in [5, 5.41) is 24.2. The molecule has 23 heteroatoms. The van der Waals surface area contributed by atoms with Crippen LogP contribution >= 0.6 is 0 Å². The van der Waals surface area contributed by atoms with Crippen molar-refractivity contribution in [3.8, 4) is 11.5 Å². The number of hydrogen-bond acceptors (Lipinski definition) is 11. The van der Waals surface area contributed by atoms with Gasteiger partial charge in [0, 0.05) is 12.3 Å². The van der Waals surface area contributed by atoms with Crippen molar-refractivity contribution in [2.45, 2.75) is 88.1 Å². The number of nitrogens with one attached hydrogen (secondary N) is 2. The van der Waals surface area contributed by atoms with Crippen LogP contribution in [0.25, 0.3) is 0 Å². The van der Waals surface area contributed by atoms with Gasteiger partial charge in [-0.3, -0.25) is 15.3 Å². The molecule has 2 aromatic heterocycles. The van der Waals surface area contributed by atoms with Gasteiger partial charge in [-0.2, -0.15) is 13.2 Å². The number of aliphatic carboxylic acids is 2. The van der Waals surface area contributed by atoms with E-state index in [0.717, 1.165) is 0 Å². The number of nitrogens with zero attached hydrogens (tertiary/aromatic N) is 4. The van der Waals surface area contributed by atoms with Crippen molar-refractivity contribution in [3.05, 3.63) is 71.5 Å². The van der Waals surface area contributed by atoms with Gasteiger partial charge in [-0.15, -0.1) is 8.78 Å². The van der Waals surface area contributed by atoms with E-state index < -0.39 is 96.2 Å². The zero-order valence-electron chi connectivity index (χ0n) is 32.6. The third kappa shape index (κ3) is 8.42. The fourth-order valence-corrected chi connectivity index (χ4v) is 8.68. The Morgan fingerprint density at radius 1 is 0.887 bits per heavy atom. The zero-order valence-corrected chi connectivity index (χ0v) is 32.6. The molecule has 2 saturated heterocycles. The lowest BCUT2D eigenvalue weighted by molar-refractivity contribution is -0.713. The SMILES string of the molecule is CC(NC(=O)N1C(=O)C(Cc2cc[n+](C3CCCC(C(NC(=O)N4C(=O)C(Cc5ccnc(N)c5)C4C(=O)O)C(F)(F)F)C3)c(N)c2)C1C(=O)O)c1ccc2c(c1)OC(F)(F)O2. The third-order valence-electron chi connectivity index (χ3n) is 11.7. The molecule has 6 amide bonds. The molecular weight excluding hydrogens is 835 g/mol. The second-order valence-electron chi connectivity index (χ2n) is 15.7. The van der Waals surface area contributed by atoms with Gasteiger partial charge < -0.3 is 36.1 Å². The number of pyridine rings is 2. The van der Waals surface area contributed by atoms with Crippen LogP contribution in [0, 0.1) is 17.8 Å². The lowest BCUT2D eigenvalue weighted by atomic mass is 9.80. The predicted octanol–water partition coefficient (Wildman–Crippen LogP) is 3.31. The number of likely N-dealkylation sites (tertiary alicyclic amines) is 2. The van der Waals surface area contributed by atoms with Crippen LogP contribution in [0.2, 0.25) is 0 Å². The summed E-state index contributed by atoms with van der Waals surface area (Å²) in [6.07, 6.45) is -5.78. The summed E-state index contributed by atoms with van der Waals surface area (Å²) >= 11 is 0. The lowest BCUT2D eigenvalue weighted by Gasteiger charge is -2.44. The van der Waals surface area contributed by atoms with E-state index in [-0.39, 0.29) is 60.1 Å². The standard InChI is InChI=1S/C39H39F5N8O10/c1-17(20-5-6-25-26(16-20)62-39(43,44)61-25)48-36(59)51-29(34(55)56)24(32(51)53)12-19-8-10-50(28(46)14-19)22-4-2-3-21(15-22)31(38(40,41)42)49-37(60)52-30(35(57)58)23(33(52)54)11-18-7-9-47-27(45)13-18/h5-10,13-14,16-17,21-24,29-31,46H,2-4,11-12,15H2,1H3,(H6,45,47,48,49,55,56,57,58,59,60)/p+1. The first kappa shape index (κ1) is 43.3. The number of alkyl halides is 5. The van der Waals surface area contributed by atoms with Crippen molar-refractivity contribution >= 4 is 47.5 Å². The molecule has 3 aromatic rings. The number of hydrogen-bond donors (Lipinski definition) is 6.